The molecular formula is C38H52N4O2. The van der Waals surface area contributed by atoms with Crippen molar-refractivity contribution >= 4 is 5.97 Å². The Kier molecular flexibility index (Phi) is 10.5. The summed E-state index contributed by atoms with van der Waals surface area (Å²) in [6, 6.07) is 23.7. The van der Waals surface area contributed by atoms with Crippen molar-refractivity contribution in [2.24, 2.45) is 11.8 Å². The lowest BCUT2D eigenvalue weighted by Gasteiger charge is -2.35. The minimum atomic E-state index is -0.616. The van der Waals surface area contributed by atoms with Crippen molar-refractivity contribution in [1.29, 1.82) is 0 Å². The summed E-state index contributed by atoms with van der Waals surface area (Å²) in [6.07, 6.45) is 11.3. The maximum absolute atomic E-state index is 12.6. The zero-order valence-electron chi connectivity index (χ0n) is 26.7. The number of carbonyl (C=O) groups is 1. The molecule has 3 aliphatic rings. The third kappa shape index (κ3) is 7.46. The molecule has 3 heterocycles. The van der Waals surface area contributed by atoms with Gasteiger partial charge in [-0.1, -0.05) is 93.3 Å². The minimum Gasteiger partial charge on any atom is -0.480 e. The van der Waals surface area contributed by atoms with Gasteiger partial charge < -0.3 is 10.0 Å². The average Bonchev–Trinajstić information content (AvgIpc) is 3.65. The predicted octanol–water partition coefficient (Wildman–Crippen LogP) is 7.20. The van der Waals surface area contributed by atoms with E-state index >= 15 is 0 Å². The molecule has 0 spiro atoms. The number of likely N-dealkylation sites (tertiary alicyclic amines) is 2. The molecule has 1 aliphatic carbocycles. The van der Waals surface area contributed by atoms with Crippen LogP contribution in [-0.2, 0) is 17.8 Å². The summed E-state index contributed by atoms with van der Waals surface area (Å²) >= 11 is 0. The number of hydrogen-bond donors (Lipinski definition) is 1. The number of aryl methyl sites for hydroxylation is 1. The van der Waals surface area contributed by atoms with Gasteiger partial charge >= 0.3 is 5.97 Å². The first-order valence-corrected chi connectivity index (χ1v) is 17.4. The van der Waals surface area contributed by atoms with Crippen LogP contribution in [-0.4, -0.2) is 69.4 Å². The summed E-state index contributed by atoms with van der Waals surface area (Å²) in [6.45, 7) is 8.21. The fourth-order valence-electron chi connectivity index (χ4n) is 8.37. The molecule has 2 aromatic carbocycles. The summed E-state index contributed by atoms with van der Waals surface area (Å²) in [4.78, 5) is 17.6. The summed E-state index contributed by atoms with van der Waals surface area (Å²) in [5, 5.41) is 15.6. The van der Waals surface area contributed by atoms with Crippen molar-refractivity contribution < 1.29 is 9.90 Å². The lowest BCUT2D eigenvalue weighted by atomic mass is 9.83. The molecule has 236 valence electrons. The van der Waals surface area contributed by atoms with E-state index in [4.69, 9.17) is 5.10 Å². The van der Waals surface area contributed by atoms with Crippen molar-refractivity contribution in [2.45, 2.75) is 95.6 Å². The molecule has 0 bridgehead atoms. The highest BCUT2D eigenvalue weighted by molar-refractivity contribution is 5.74. The van der Waals surface area contributed by atoms with E-state index in [-0.39, 0.29) is 12.0 Å². The van der Waals surface area contributed by atoms with Crippen LogP contribution in [0, 0.1) is 11.8 Å². The minimum absolute atomic E-state index is 0.288. The normalized spacial score (nSPS) is 23.2. The molecule has 0 radical (unpaired) electrons. The molecule has 3 atom stereocenters. The van der Waals surface area contributed by atoms with E-state index in [0.717, 1.165) is 77.8 Å². The molecule has 2 aliphatic heterocycles. The van der Waals surface area contributed by atoms with Gasteiger partial charge in [0.2, 0.25) is 0 Å². The molecule has 3 aromatic rings. The Bertz CT molecular complexity index is 1310. The van der Waals surface area contributed by atoms with Gasteiger partial charge in [-0.05, 0) is 74.2 Å². The highest BCUT2D eigenvalue weighted by Crippen LogP contribution is 2.39. The number of aromatic nitrogens is 2. The van der Waals surface area contributed by atoms with E-state index in [0.29, 0.717) is 17.8 Å². The number of aliphatic carboxylic acids is 1. The van der Waals surface area contributed by atoms with Gasteiger partial charge in [-0.25, -0.2) is 0 Å². The van der Waals surface area contributed by atoms with Gasteiger partial charge in [0.05, 0.1) is 5.69 Å². The van der Waals surface area contributed by atoms with E-state index in [1.165, 1.54) is 48.2 Å². The fraction of sp³-hybridized carbons (Fsp3) is 0.579. The van der Waals surface area contributed by atoms with Crippen molar-refractivity contribution in [3.63, 3.8) is 0 Å². The van der Waals surface area contributed by atoms with E-state index in [2.05, 4.69) is 88.1 Å². The number of benzene rings is 2. The van der Waals surface area contributed by atoms with E-state index in [1.807, 2.05) is 0 Å². The van der Waals surface area contributed by atoms with Crippen LogP contribution >= 0.6 is 0 Å². The molecule has 44 heavy (non-hydrogen) atoms. The van der Waals surface area contributed by atoms with Crippen LogP contribution in [0.3, 0.4) is 0 Å². The molecule has 6 nitrogen and oxygen atoms in total. The van der Waals surface area contributed by atoms with Gasteiger partial charge in [-0.15, -0.1) is 0 Å². The summed E-state index contributed by atoms with van der Waals surface area (Å²) in [5.41, 5.74) is 5.33. The zero-order chi connectivity index (χ0) is 30.3. The number of nitrogens with zero attached hydrogens (tertiary/aromatic N) is 4. The number of piperidine rings is 1. The number of unbranched alkanes of at least 4 members (excludes halogenated alkanes) is 1. The maximum Gasteiger partial charge on any atom is 0.321 e. The van der Waals surface area contributed by atoms with Crippen molar-refractivity contribution in [1.82, 2.24) is 19.6 Å². The SMILES string of the molecule is CCCCn1nc(C2CCN(CC3CN(C(C(=O)O)C4CCCCC4)CC3c3ccccc3)CC2)cc1Cc1ccccc1. The van der Waals surface area contributed by atoms with Gasteiger partial charge in [-0.3, -0.25) is 14.4 Å². The van der Waals surface area contributed by atoms with Gasteiger partial charge in [0.1, 0.15) is 6.04 Å². The van der Waals surface area contributed by atoms with E-state index in [9.17, 15) is 9.90 Å². The predicted molar refractivity (Wildman–Crippen MR) is 177 cm³/mol. The fourth-order valence-corrected chi connectivity index (χ4v) is 8.37. The second-order valence-electron chi connectivity index (χ2n) is 13.8. The summed E-state index contributed by atoms with van der Waals surface area (Å²) < 4.78 is 2.28. The Labute approximate surface area is 264 Å². The molecule has 6 heteroatoms. The smallest absolute Gasteiger partial charge is 0.321 e. The molecule has 1 saturated carbocycles. The topological polar surface area (TPSA) is 61.6 Å². The van der Waals surface area contributed by atoms with Gasteiger partial charge in [0, 0.05) is 50.1 Å². The molecule has 1 N–H and O–H groups in total. The number of carboxylic acid groups (broad SMARTS) is 1. The highest BCUT2D eigenvalue weighted by atomic mass is 16.4. The van der Waals surface area contributed by atoms with Crippen molar-refractivity contribution in [2.75, 3.05) is 32.7 Å². The van der Waals surface area contributed by atoms with Crippen LogP contribution in [0.15, 0.2) is 66.7 Å². The van der Waals surface area contributed by atoms with Crippen LogP contribution in [0.2, 0.25) is 0 Å². The number of rotatable bonds is 12. The monoisotopic (exact) mass is 596 g/mol. The Morgan fingerprint density at radius 2 is 1.64 bits per heavy atom. The lowest BCUT2D eigenvalue weighted by Crippen LogP contribution is -2.46. The van der Waals surface area contributed by atoms with Crippen LogP contribution in [0.1, 0.15) is 99.1 Å². The molecule has 3 unspecified atom stereocenters. The molecule has 2 saturated heterocycles. The number of hydrogen-bond acceptors (Lipinski definition) is 4. The maximum atomic E-state index is 12.6. The largest absolute Gasteiger partial charge is 0.480 e. The van der Waals surface area contributed by atoms with E-state index < -0.39 is 5.97 Å². The van der Waals surface area contributed by atoms with E-state index in [1.54, 1.807) is 0 Å². The van der Waals surface area contributed by atoms with Crippen LogP contribution in [0.5, 0.6) is 0 Å². The first-order chi connectivity index (χ1) is 21.6. The van der Waals surface area contributed by atoms with Gasteiger partial charge in [0.25, 0.3) is 0 Å². The van der Waals surface area contributed by atoms with Crippen molar-refractivity contribution in [3.8, 4) is 0 Å². The third-order valence-electron chi connectivity index (χ3n) is 10.8. The Balaban J connectivity index is 1.12. The first-order valence-electron chi connectivity index (χ1n) is 17.4. The Morgan fingerprint density at radius 3 is 2.32 bits per heavy atom. The Morgan fingerprint density at radius 1 is 0.932 bits per heavy atom. The Hall–Kier alpha value is -2.96. The van der Waals surface area contributed by atoms with Gasteiger partial charge in [0.15, 0.2) is 0 Å². The third-order valence-corrected chi connectivity index (χ3v) is 10.8. The first kappa shape index (κ1) is 31.0. The van der Waals surface area contributed by atoms with Crippen LogP contribution in [0.4, 0.5) is 0 Å². The quantitative estimate of drug-likeness (QED) is 0.240. The van der Waals surface area contributed by atoms with Gasteiger partial charge in [-0.2, -0.15) is 5.10 Å². The average molecular weight is 597 g/mol. The van der Waals surface area contributed by atoms with Crippen LogP contribution < -0.4 is 0 Å². The zero-order valence-corrected chi connectivity index (χ0v) is 26.7. The molecule has 0 amide bonds. The summed E-state index contributed by atoms with van der Waals surface area (Å²) in [5.74, 6) is 1.02. The molecule has 6 rings (SSSR count). The van der Waals surface area contributed by atoms with Crippen molar-refractivity contribution in [3.05, 3.63) is 89.2 Å². The lowest BCUT2D eigenvalue weighted by molar-refractivity contribution is -0.145. The number of carboxylic acids is 1. The molecule has 1 aromatic heterocycles. The molecular weight excluding hydrogens is 544 g/mol. The standard InChI is InChI=1S/C38H52N4O2/c1-2-3-21-42-34(24-29-13-7-4-8-14-29)25-36(39-42)31-19-22-40(23-20-31)26-33-27-41(28-35(33)30-15-9-5-10-16-30)37(38(43)44)32-17-11-6-12-18-32/h4-5,7-10,13-16,25,31-33,35,37H,2-3,6,11-12,17-24,26-28H2,1H3,(H,43,44). The second kappa shape index (κ2) is 14.9. The van der Waals surface area contributed by atoms with Crippen LogP contribution in [0.25, 0.3) is 0 Å². The summed E-state index contributed by atoms with van der Waals surface area (Å²) in [7, 11) is 0. The highest BCUT2D eigenvalue weighted by Gasteiger charge is 2.43. The second-order valence-corrected chi connectivity index (χ2v) is 13.8. The molecule has 3 fully saturated rings.